The summed E-state index contributed by atoms with van der Waals surface area (Å²) in [6.07, 6.45) is 1.91. The predicted molar refractivity (Wildman–Crippen MR) is 89.1 cm³/mol. The first-order valence-corrected chi connectivity index (χ1v) is 7.53. The molecule has 2 aromatic rings. The summed E-state index contributed by atoms with van der Waals surface area (Å²) in [4.78, 5) is 2.17. The standard InChI is InChI=1S/C19H21NO2/c1-20(2)12-15-7-6-13-10-17(22)8-9-18(13)19(15)14-4-3-5-16(21)11-14/h3-5,8-11,21-22H,6-7,12H2,1-2H3. The fourth-order valence-electron chi connectivity index (χ4n) is 3.19. The van der Waals surface area contributed by atoms with Crippen LogP contribution in [0.4, 0.5) is 0 Å². The minimum absolute atomic E-state index is 0.278. The number of phenols is 2. The third-order valence-corrected chi connectivity index (χ3v) is 4.05. The van der Waals surface area contributed by atoms with E-state index in [1.54, 1.807) is 12.1 Å². The van der Waals surface area contributed by atoms with E-state index >= 15 is 0 Å². The Hall–Kier alpha value is -2.26. The molecule has 2 N–H and O–H groups in total. The van der Waals surface area contributed by atoms with Crippen molar-refractivity contribution in [1.29, 1.82) is 0 Å². The van der Waals surface area contributed by atoms with Gasteiger partial charge in [0, 0.05) is 6.54 Å². The van der Waals surface area contributed by atoms with Gasteiger partial charge in [-0.2, -0.15) is 0 Å². The van der Waals surface area contributed by atoms with Gasteiger partial charge in [-0.25, -0.2) is 0 Å². The predicted octanol–water partition coefficient (Wildman–Crippen LogP) is 3.41. The van der Waals surface area contributed by atoms with E-state index in [9.17, 15) is 10.2 Å². The number of aromatic hydroxyl groups is 2. The molecule has 0 aliphatic heterocycles. The molecule has 0 heterocycles. The van der Waals surface area contributed by atoms with Crippen molar-refractivity contribution in [2.75, 3.05) is 20.6 Å². The van der Waals surface area contributed by atoms with Crippen LogP contribution < -0.4 is 0 Å². The minimum Gasteiger partial charge on any atom is -0.508 e. The Bertz CT molecular complexity index is 732. The number of hydrogen-bond donors (Lipinski definition) is 2. The monoisotopic (exact) mass is 295 g/mol. The summed E-state index contributed by atoms with van der Waals surface area (Å²) in [6.45, 7) is 0.894. The van der Waals surface area contributed by atoms with Crippen molar-refractivity contribution < 1.29 is 10.2 Å². The van der Waals surface area contributed by atoms with Gasteiger partial charge in [-0.05, 0) is 79.0 Å². The number of likely N-dealkylation sites (N-methyl/N-ethyl adjacent to an activating group) is 1. The highest BCUT2D eigenvalue weighted by molar-refractivity contribution is 5.85. The Labute approximate surface area is 131 Å². The second-order valence-electron chi connectivity index (χ2n) is 6.11. The lowest BCUT2D eigenvalue weighted by Crippen LogP contribution is -2.19. The molecule has 2 aromatic carbocycles. The van der Waals surface area contributed by atoms with Crippen LogP contribution in [-0.4, -0.2) is 35.8 Å². The number of aryl methyl sites for hydroxylation is 1. The van der Waals surface area contributed by atoms with E-state index in [4.69, 9.17) is 0 Å². The summed E-state index contributed by atoms with van der Waals surface area (Å²) >= 11 is 0. The molecule has 0 fully saturated rings. The van der Waals surface area contributed by atoms with Gasteiger partial charge >= 0.3 is 0 Å². The number of benzene rings is 2. The quantitative estimate of drug-likeness (QED) is 0.912. The lowest BCUT2D eigenvalue weighted by Gasteiger charge is -2.26. The highest BCUT2D eigenvalue weighted by Gasteiger charge is 2.21. The van der Waals surface area contributed by atoms with Crippen LogP contribution in [0.3, 0.4) is 0 Å². The van der Waals surface area contributed by atoms with E-state index in [0.717, 1.165) is 30.5 Å². The second-order valence-corrected chi connectivity index (χ2v) is 6.11. The molecule has 3 nitrogen and oxygen atoms in total. The highest BCUT2D eigenvalue weighted by Crippen LogP contribution is 2.38. The van der Waals surface area contributed by atoms with Crippen molar-refractivity contribution in [2.24, 2.45) is 0 Å². The van der Waals surface area contributed by atoms with Crippen LogP contribution >= 0.6 is 0 Å². The molecule has 1 aliphatic carbocycles. The molecule has 0 unspecified atom stereocenters. The molecular formula is C19H21NO2. The van der Waals surface area contributed by atoms with E-state index in [0.29, 0.717) is 5.75 Å². The smallest absolute Gasteiger partial charge is 0.116 e. The zero-order valence-electron chi connectivity index (χ0n) is 13.0. The summed E-state index contributed by atoms with van der Waals surface area (Å²) < 4.78 is 0. The summed E-state index contributed by atoms with van der Waals surface area (Å²) in [6, 6.07) is 13.0. The first-order valence-electron chi connectivity index (χ1n) is 7.53. The molecule has 3 rings (SSSR count). The van der Waals surface area contributed by atoms with Gasteiger partial charge in [0.05, 0.1) is 0 Å². The molecule has 0 atom stereocenters. The molecule has 114 valence electrons. The van der Waals surface area contributed by atoms with E-state index in [2.05, 4.69) is 19.0 Å². The topological polar surface area (TPSA) is 43.7 Å². The summed E-state index contributed by atoms with van der Waals surface area (Å²) in [5, 5.41) is 19.6. The van der Waals surface area contributed by atoms with Gasteiger partial charge in [-0.1, -0.05) is 18.2 Å². The third-order valence-electron chi connectivity index (χ3n) is 4.05. The van der Waals surface area contributed by atoms with Gasteiger partial charge < -0.3 is 15.1 Å². The molecular weight excluding hydrogens is 274 g/mol. The van der Waals surface area contributed by atoms with E-state index < -0.39 is 0 Å². The Kier molecular flexibility index (Phi) is 3.90. The van der Waals surface area contributed by atoms with Gasteiger partial charge in [-0.3, -0.25) is 0 Å². The van der Waals surface area contributed by atoms with Gasteiger partial charge in [0.25, 0.3) is 0 Å². The lowest BCUT2D eigenvalue weighted by atomic mass is 9.82. The molecule has 0 amide bonds. The Morgan fingerprint density at radius 1 is 0.955 bits per heavy atom. The molecule has 22 heavy (non-hydrogen) atoms. The summed E-state index contributed by atoms with van der Waals surface area (Å²) in [5.41, 5.74) is 5.91. The van der Waals surface area contributed by atoms with Gasteiger partial charge in [-0.15, -0.1) is 0 Å². The second kappa shape index (κ2) is 5.85. The van der Waals surface area contributed by atoms with Crippen LogP contribution in [0, 0.1) is 0 Å². The maximum Gasteiger partial charge on any atom is 0.116 e. The molecule has 0 radical (unpaired) electrons. The van der Waals surface area contributed by atoms with Crippen LogP contribution in [0.25, 0.3) is 5.57 Å². The van der Waals surface area contributed by atoms with Crippen LogP contribution in [0.15, 0.2) is 48.0 Å². The zero-order chi connectivity index (χ0) is 15.7. The molecule has 0 saturated heterocycles. The molecule has 0 saturated carbocycles. The Balaban J connectivity index is 2.19. The van der Waals surface area contributed by atoms with Gasteiger partial charge in [0.15, 0.2) is 0 Å². The molecule has 1 aliphatic rings. The fraction of sp³-hybridized carbons (Fsp3) is 0.263. The maximum absolute atomic E-state index is 9.83. The first-order chi connectivity index (χ1) is 10.5. The maximum atomic E-state index is 9.83. The van der Waals surface area contributed by atoms with Crippen molar-refractivity contribution in [1.82, 2.24) is 4.90 Å². The van der Waals surface area contributed by atoms with E-state index in [-0.39, 0.29) is 5.75 Å². The molecule has 0 spiro atoms. The number of fused-ring (bicyclic) bond motifs is 1. The van der Waals surface area contributed by atoms with Crippen molar-refractivity contribution in [2.45, 2.75) is 12.8 Å². The lowest BCUT2D eigenvalue weighted by molar-refractivity contribution is 0.439. The van der Waals surface area contributed by atoms with Crippen LogP contribution in [-0.2, 0) is 6.42 Å². The van der Waals surface area contributed by atoms with Crippen LogP contribution in [0.2, 0.25) is 0 Å². The third kappa shape index (κ3) is 2.85. The number of hydrogen-bond acceptors (Lipinski definition) is 3. The number of phenolic OH excluding ortho intramolecular Hbond substituents is 2. The highest BCUT2D eigenvalue weighted by atomic mass is 16.3. The first kappa shape index (κ1) is 14.7. The van der Waals surface area contributed by atoms with Gasteiger partial charge in [0.2, 0.25) is 0 Å². The average Bonchev–Trinajstić information content (AvgIpc) is 2.46. The van der Waals surface area contributed by atoms with Crippen LogP contribution in [0.1, 0.15) is 23.1 Å². The van der Waals surface area contributed by atoms with Crippen molar-refractivity contribution in [3.63, 3.8) is 0 Å². The van der Waals surface area contributed by atoms with Gasteiger partial charge in [0.1, 0.15) is 11.5 Å². The normalized spacial score (nSPS) is 14.3. The SMILES string of the molecule is CN(C)CC1=C(c2cccc(O)c2)c2ccc(O)cc2CC1. The number of nitrogens with zero attached hydrogens (tertiary/aromatic N) is 1. The van der Waals surface area contributed by atoms with Crippen molar-refractivity contribution in [3.05, 3.63) is 64.7 Å². The fourth-order valence-corrected chi connectivity index (χ4v) is 3.19. The van der Waals surface area contributed by atoms with E-state index in [1.807, 2.05) is 30.3 Å². The molecule has 0 bridgehead atoms. The Morgan fingerprint density at radius 3 is 2.45 bits per heavy atom. The Morgan fingerprint density at radius 2 is 1.73 bits per heavy atom. The van der Waals surface area contributed by atoms with Crippen LogP contribution in [0.5, 0.6) is 11.5 Å². The average molecular weight is 295 g/mol. The number of rotatable bonds is 3. The van der Waals surface area contributed by atoms with Crippen molar-refractivity contribution in [3.8, 4) is 11.5 Å². The van der Waals surface area contributed by atoms with E-state index in [1.165, 1.54) is 16.7 Å². The summed E-state index contributed by atoms with van der Waals surface area (Å²) in [7, 11) is 4.14. The molecule has 3 heteroatoms. The molecule has 0 aromatic heterocycles. The minimum atomic E-state index is 0.278. The van der Waals surface area contributed by atoms with Crippen molar-refractivity contribution >= 4 is 5.57 Å². The largest absolute Gasteiger partial charge is 0.508 e. The summed E-state index contributed by atoms with van der Waals surface area (Å²) in [5.74, 6) is 0.588. The zero-order valence-corrected chi connectivity index (χ0v) is 13.0.